The molecule has 0 N–H and O–H groups in total. The minimum absolute atomic E-state index is 0.313. The molecule has 6 aromatic heterocycles. The van der Waals surface area contributed by atoms with Crippen LogP contribution < -0.4 is 0 Å². The lowest BCUT2D eigenvalue weighted by Crippen LogP contribution is -2.14. The van der Waals surface area contributed by atoms with E-state index in [1.807, 2.05) is 30.3 Å². The molecule has 0 saturated heterocycles. The van der Waals surface area contributed by atoms with Gasteiger partial charge in [-0.05, 0) is 98.8 Å². The van der Waals surface area contributed by atoms with E-state index in [0.29, 0.717) is 39.6 Å². The van der Waals surface area contributed by atoms with Crippen LogP contribution in [0.15, 0.2) is 215 Å². The maximum absolute atomic E-state index is 12.8. The van der Waals surface area contributed by atoms with Crippen molar-refractivity contribution < 1.29 is 8.83 Å². The second-order valence-corrected chi connectivity index (χ2v) is 20.7. The zero-order valence-electron chi connectivity index (χ0n) is 42.1. The van der Waals surface area contributed by atoms with Gasteiger partial charge in [0.05, 0.1) is 89.8 Å². The Morgan fingerprint density at radius 1 is 0.359 bits per heavy atom. The quantitative estimate of drug-likeness (QED) is 0.165. The fourth-order valence-corrected chi connectivity index (χ4v) is 13.4. The lowest BCUT2D eigenvalue weighted by molar-refractivity contribution is 0.669. The normalized spacial score (nSPS) is 12.2. The van der Waals surface area contributed by atoms with Crippen molar-refractivity contribution in [3.8, 4) is 28.8 Å². The van der Waals surface area contributed by atoms with E-state index >= 15 is 0 Å². The van der Waals surface area contributed by atoms with Gasteiger partial charge in [-0.2, -0.15) is 5.26 Å². The summed E-state index contributed by atoms with van der Waals surface area (Å²) in [6, 6.07) is 74.9. The van der Waals surface area contributed by atoms with Gasteiger partial charge in [0.15, 0.2) is 0 Å². The first-order valence-electron chi connectivity index (χ1n) is 26.2. The van der Waals surface area contributed by atoms with Crippen molar-refractivity contribution in [3.63, 3.8) is 0 Å². The van der Waals surface area contributed by atoms with Crippen LogP contribution in [0.4, 0.5) is 5.69 Å². The third-order valence-corrected chi connectivity index (χ3v) is 16.5. The summed E-state index contributed by atoms with van der Waals surface area (Å²) in [6.45, 7) is 14.2. The number of fused-ring (bicyclic) bond motifs is 20. The third-order valence-electron chi connectivity index (χ3n) is 16.5. The van der Waals surface area contributed by atoms with Crippen LogP contribution in [0.5, 0.6) is 0 Å². The van der Waals surface area contributed by atoms with Gasteiger partial charge >= 0.3 is 0 Å². The number of benzene rings is 11. The van der Waals surface area contributed by atoms with E-state index in [1.165, 1.54) is 0 Å². The van der Waals surface area contributed by atoms with Crippen molar-refractivity contribution in [3.05, 3.63) is 234 Å². The summed E-state index contributed by atoms with van der Waals surface area (Å²) in [6.07, 6.45) is 0. The number of para-hydroxylation sites is 6. The zero-order chi connectivity index (χ0) is 51.7. The molecule has 8 heteroatoms. The SMILES string of the molecule is [C-]#[N+]c1c(-n2c3ccccc3c3ccccc32)c(-n2c3ccc(C)cc3c3ccc4oc5ccccc5c4c32)c(-n2c3ccccc3c3ccccc32)c(C#N)c1-n1c2ccc(C)cc2c2ccc3oc4ccccc4c3c21. The molecule has 17 aromatic rings. The number of hydrogen-bond donors (Lipinski definition) is 0. The maximum atomic E-state index is 12.8. The molecule has 8 nitrogen and oxygen atoms in total. The Bertz CT molecular complexity index is 5380. The van der Waals surface area contributed by atoms with Crippen LogP contribution in [0.3, 0.4) is 0 Å². The van der Waals surface area contributed by atoms with Crippen LogP contribution in [-0.2, 0) is 0 Å². The summed E-state index contributed by atoms with van der Waals surface area (Å²) in [5, 5.41) is 24.8. The largest absolute Gasteiger partial charge is 0.456 e. The highest BCUT2D eigenvalue weighted by atomic mass is 16.3. The molecule has 6 heterocycles. The van der Waals surface area contributed by atoms with Gasteiger partial charge in [0.25, 0.3) is 0 Å². The molecular formula is C70H40N6O2. The van der Waals surface area contributed by atoms with Crippen LogP contribution >= 0.6 is 0 Å². The van der Waals surface area contributed by atoms with Gasteiger partial charge in [-0.25, -0.2) is 4.85 Å². The molecule has 0 fully saturated rings. The van der Waals surface area contributed by atoms with Gasteiger partial charge in [0.1, 0.15) is 28.4 Å². The molecular weight excluding hydrogens is 957 g/mol. The monoisotopic (exact) mass is 996 g/mol. The van der Waals surface area contributed by atoms with E-state index in [9.17, 15) is 11.8 Å². The Labute approximate surface area is 444 Å². The van der Waals surface area contributed by atoms with E-state index in [2.05, 4.69) is 214 Å². The molecule has 0 radical (unpaired) electrons. The Morgan fingerprint density at radius 3 is 1.18 bits per heavy atom. The topological polar surface area (TPSA) is 74.2 Å². The van der Waals surface area contributed by atoms with E-state index in [4.69, 9.17) is 13.7 Å². The Balaban J connectivity index is 1.23. The molecule has 78 heavy (non-hydrogen) atoms. The van der Waals surface area contributed by atoms with Crippen LogP contribution in [0, 0.1) is 31.8 Å². The van der Waals surface area contributed by atoms with Crippen LogP contribution in [0.25, 0.3) is 159 Å². The lowest BCUT2D eigenvalue weighted by Gasteiger charge is -2.27. The molecule has 0 bridgehead atoms. The first-order valence-corrected chi connectivity index (χ1v) is 26.2. The van der Waals surface area contributed by atoms with Crippen LogP contribution in [0.2, 0.25) is 0 Å². The van der Waals surface area contributed by atoms with E-state index in [-0.39, 0.29) is 0 Å². The summed E-state index contributed by atoms with van der Waals surface area (Å²) in [5.74, 6) is 0. The van der Waals surface area contributed by atoms with Crippen LogP contribution in [0.1, 0.15) is 16.7 Å². The highest BCUT2D eigenvalue weighted by molar-refractivity contribution is 6.27. The molecule has 0 unspecified atom stereocenters. The fourth-order valence-electron chi connectivity index (χ4n) is 13.4. The number of furan rings is 2. The number of hydrogen-bond acceptors (Lipinski definition) is 3. The molecule has 0 saturated carbocycles. The van der Waals surface area contributed by atoms with Crippen molar-refractivity contribution in [1.29, 1.82) is 5.26 Å². The van der Waals surface area contributed by atoms with Gasteiger partial charge in [0, 0.05) is 53.9 Å². The summed E-state index contributed by atoms with van der Waals surface area (Å²) in [4.78, 5) is 4.85. The average molecular weight is 997 g/mol. The van der Waals surface area contributed by atoms with E-state index in [0.717, 1.165) is 137 Å². The molecule has 0 aliphatic heterocycles. The average Bonchev–Trinajstić information content (AvgIpc) is 4.36. The smallest absolute Gasteiger partial charge is 0.237 e. The molecule has 0 spiro atoms. The molecule has 17 rings (SSSR count). The second-order valence-electron chi connectivity index (χ2n) is 20.7. The molecule has 0 aliphatic carbocycles. The number of nitriles is 1. The van der Waals surface area contributed by atoms with Crippen molar-refractivity contribution in [1.82, 2.24) is 18.3 Å². The number of aryl methyl sites for hydroxylation is 2. The first-order chi connectivity index (χ1) is 38.5. The minimum Gasteiger partial charge on any atom is -0.456 e. The number of nitrogens with zero attached hydrogens (tertiary/aromatic N) is 6. The Hall–Kier alpha value is -10.8. The summed E-state index contributed by atoms with van der Waals surface area (Å²) < 4.78 is 22.7. The summed E-state index contributed by atoms with van der Waals surface area (Å²) in [7, 11) is 0. The van der Waals surface area contributed by atoms with Gasteiger partial charge in [0.2, 0.25) is 5.69 Å². The summed E-state index contributed by atoms with van der Waals surface area (Å²) >= 11 is 0. The van der Waals surface area contributed by atoms with Gasteiger partial charge in [-0.15, -0.1) is 0 Å². The molecule has 362 valence electrons. The van der Waals surface area contributed by atoms with Crippen molar-refractivity contribution >= 4 is 137 Å². The molecule has 0 atom stereocenters. The second kappa shape index (κ2) is 15.4. The van der Waals surface area contributed by atoms with E-state index in [1.54, 1.807) is 0 Å². The lowest BCUT2D eigenvalue weighted by atomic mass is 10.0. The highest BCUT2D eigenvalue weighted by Crippen LogP contribution is 2.54. The van der Waals surface area contributed by atoms with Crippen molar-refractivity contribution in [2.75, 3.05) is 0 Å². The van der Waals surface area contributed by atoms with Gasteiger partial charge < -0.3 is 27.1 Å². The molecule has 0 amide bonds. The third kappa shape index (κ3) is 5.39. The predicted octanol–water partition coefficient (Wildman–Crippen LogP) is 18.9. The maximum Gasteiger partial charge on any atom is 0.237 e. The van der Waals surface area contributed by atoms with Crippen molar-refractivity contribution in [2.45, 2.75) is 13.8 Å². The van der Waals surface area contributed by atoms with Gasteiger partial charge in [-0.3, -0.25) is 0 Å². The molecule has 0 aliphatic rings. The minimum atomic E-state index is 0.313. The van der Waals surface area contributed by atoms with Crippen molar-refractivity contribution in [2.24, 2.45) is 0 Å². The molecule has 11 aromatic carbocycles. The fraction of sp³-hybridized carbons (Fsp3) is 0.0286. The predicted molar refractivity (Wildman–Crippen MR) is 319 cm³/mol. The van der Waals surface area contributed by atoms with E-state index < -0.39 is 0 Å². The van der Waals surface area contributed by atoms with Crippen LogP contribution in [-0.4, -0.2) is 18.3 Å². The Kier molecular flexibility index (Phi) is 8.40. The Morgan fingerprint density at radius 2 is 0.744 bits per heavy atom. The standard InChI is InChI=1S/C70H40N6O2/c1-39-28-32-56-49(36-39)45-30-34-60-62(47-20-8-14-26-58(47)77-60)65(45)75(56)67-51(38-71)68(73-52-22-10-4-16-41(52)42-17-5-11-23-53(42)73)70(69(64(67)72-3)74-54-24-12-6-18-43(54)44-19-7-13-25-55(44)74)76-57-33-29-40(2)37-50(57)46-31-35-61-63(66(46)76)48-21-9-15-27-59(48)78-61/h4-37H,1-2H3. The first kappa shape index (κ1) is 42.5. The highest BCUT2D eigenvalue weighted by Gasteiger charge is 2.36. The number of aromatic nitrogens is 4. The van der Waals surface area contributed by atoms with Gasteiger partial charge in [-0.1, -0.05) is 132 Å². The zero-order valence-corrected chi connectivity index (χ0v) is 42.1. The number of rotatable bonds is 4. The summed E-state index contributed by atoms with van der Waals surface area (Å²) in [5.41, 5.74) is 15.5.